The molecule has 0 bridgehead atoms. The van der Waals surface area contributed by atoms with Crippen molar-refractivity contribution >= 4 is 35.2 Å². The molecule has 4 rings (SSSR count). The molecule has 1 N–H and O–H groups in total. The summed E-state index contributed by atoms with van der Waals surface area (Å²) in [5, 5.41) is 13.2. The van der Waals surface area contributed by atoms with Gasteiger partial charge in [-0.15, -0.1) is 0 Å². The normalized spacial score (nSPS) is 12.2. The fourth-order valence-electron chi connectivity index (χ4n) is 3.13. The summed E-state index contributed by atoms with van der Waals surface area (Å²) in [4.78, 5) is 12.5. The molecule has 166 valence electrons. The van der Waals surface area contributed by atoms with Crippen LogP contribution in [0.15, 0.2) is 66.2 Å². The van der Waals surface area contributed by atoms with Crippen LogP contribution in [0.3, 0.4) is 0 Å². The smallest absolute Gasteiger partial charge is 0.262 e. The Morgan fingerprint density at radius 3 is 2.52 bits per heavy atom. The molecule has 0 saturated heterocycles. The van der Waals surface area contributed by atoms with E-state index in [-0.39, 0.29) is 25.5 Å². The topological polar surface area (TPSA) is 80.6 Å². The molecule has 0 saturated carbocycles. The Kier molecular flexibility index (Phi) is 7.04. The number of nitrogens with one attached hydrogen (secondary N) is 1. The predicted molar refractivity (Wildman–Crippen MR) is 125 cm³/mol. The van der Waals surface area contributed by atoms with Crippen LogP contribution in [0.1, 0.15) is 16.7 Å². The van der Waals surface area contributed by atoms with Crippen LogP contribution in [0.4, 0.5) is 0 Å². The van der Waals surface area contributed by atoms with Gasteiger partial charge in [0.25, 0.3) is 5.91 Å². The number of carbonyl (C=O) groups is 1. The molecular formula is C25H18Cl2N2O4. The van der Waals surface area contributed by atoms with Crippen molar-refractivity contribution in [2.45, 2.75) is 13.2 Å². The molecule has 0 aromatic heterocycles. The van der Waals surface area contributed by atoms with Crippen molar-refractivity contribution in [3.8, 4) is 23.3 Å². The zero-order valence-electron chi connectivity index (χ0n) is 17.3. The highest BCUT2D eigenvalue weighted by molar-refractivity contribution is 6.35. The van der Waals surface area contributed by atoms with Crippen LogP contribution in [0, 0.1) is 11.3 Å². The molecule has 8 heteroatoms. The molecule has 0 aliphatic carbocycles. The van der Waals surface area contributed by atoms with Crippen molar-refractivity contribution in [1.82, 2.24) is 5.32 Å². The quantitative estimate of drug-likeness (QED) is 0.355. The zero-order valence-corrected chi connectivity index (χ0v) is 18.8. The van der Waals surface area contributed by atoms with Gasteiger partial charge in [-0.05, 0) is 53.6 Å². The Labute approximate surface area is 200 Å². The average molecular weight is 481 g/mol. The number of rotatable bonds is 7. The first kappa shape index (κ1) is 22.5. The molecule has 3 aromatic carbocycles. The standard InChI is InChI=1S/C25H18Cl2N2O4/c26-21-2-1-3-22(27)20(21)14-31-19-7-4-16(5-8-19)10-18(12-28)25(30)29-13-17-6-9-23-24(11-17)33-15-32-23/h1-11H,13-15H2,(H,29,30)/b18-10+. The largest absolute Gasteiger partial charge is 0.489 e. The molecule has 33 heavy (non-hydrogen) atoms. The van der Waals surface area contributed by atoms with Crippen LogP contribution in [0.2, 0.25) is 10.0 Å². The minimum absolute atomic E-state index is 0.00717. The summed E-state index contributed by atoms with van der Waals surface area (Å²) in [6.45, 7) is 0.662. The van der Waals surface area contributed by atoms with Gasteiger partial charge in [0.1, 0.15) is 24.0 Å². The summed E-state index contributed by atoms with van der Waals surface area (Å²) in [6.07, 6.45) is 1.52. The van der Waals surface area contributed by atoms with Gasteiger partial charge in [-0.2, -0.15) is 5.26 Å². The van der Waals surface area contributed by atoms with Crippen LogP contribution < -0.4 is 19.5 Å². The molecule has 0 atom stereocenters. The number of fused-ring (bicyclic) bond motifs is 1. The second-order valence-corrected chi connectivity index (χ2v) is 7.91. The Balaban J connectivity index is 1.36. The van der Waals surface area contributed by atoms with Crippen molar-refractivity contribution < 1.29 is 19.0 Å². The van der Waals surface area contributed by atoms with Gasteiger partial charge in [0.05, 0.1) is 0 Å². The van der Waals surface area contributed by atoms with Crippen molar-refractivity contribution in [2.75, 3.05) is 6.79 Å². The summed E-state index contributed by atoms with van der Waals surface area (Å²) >= 11 is 12.3. The Hall–Kier alpha value is -3.66. The first-order valence-electron chi connectivity index (χ1n) is 9.98. The third-order valence-corrected chi connectivity index (χ3v) is 5.60. The van der Waals surface area contributed by atoms with Crippen molar-refractivity contribution in [2.24, 2.45) is 0 Å². The predicted octanol–water partition coefficient (Wildman–Crippen LogP) is 5.52. The lowest BCUT2D eigenvalue weighted by molar-refractivity contribution is -0.117. The van der Waals surface area contributed by atoms with Crippen LogP contribution in [-0.4, -0.2) is 12.7 Å². The molecule has 0 unspecified atom stereocenters. The van der Waals surface area contributed by atoms with E-state index in [9.17, 15) is 10.1 Å². The lowest BCUT2D eigenvalue weighted by Crippen LogP contribution is -2.23. The average Bonchev–Trinajstić information content (AvgIpc) is 3.29. The number of halogens is 2. The fraction of sp³-hybridized carbons (Fsp3) is 0.120. The maximum absolute atomic E-state index is 12.5. The highest BCUT2D eigenvalue weighted by Gasteiger charge is 2.14. The van der Waals surface area contributed by atoms with Crippen LogP contribution >= 0.6 is 23.2 Å². The maximum Gasteiger partial charge on any atom is 0.262 e. The van der Waals surface area contributed by atoms with Gasteiger partial charge in [-0.1, -0.05) is 47.5 Å². The summed E-state index contributed by atoms with van der Waals surface area (Å²) in [7, 11) is 0. The van der Waals surface area contributed by atoms with E-state index in [0.717, 1.165) is 5.56 Å². The van der Waals surface area contributed by atoms with Crippen molar-refractivity contribution in [1.29, 1.82) is 5.26 Å². The van der Waals surface area contributed by atoms with Crippen LogP contribution in [0.5, 0.6) is 17.2 Å². The molecule has 1 amide bonds. The number of ether oxygens (including phenoxy) is 3. The number of benzene rings is 3. The third-order valence-electron chi connectivity index (χ3n) is 4.89. The SMILES string of the molecule is N#C/C(=C\c1ccc(OCc2c(Cl)cccc2Cl)cc1)C(=O)NCc1ccc2c(c1)OCO2. The lowest BCUT2D eigenvalue weighted by atomic mass is 10.1. The highest BCUT2D eigenvalue weighted by atomic mass is 35.5. The second kappa shape index (κ2) is 10.3. The fourth-order valence-corrected chi connectivity index (χ4v) is 3.64. The number of amides is 1. The van der Waals surface area contributed by atoms with Gasteiger partial charge in [-0.25, -0.2) is 0 Å². The first-order chi connectivity index (χ1) is 16.0. The molecule has 1 heterocycles. The van der Waals surface area contributed by atoms with Crippen molar-refractivity contribution in [3.63, 3.8) is 0 Å². The minimum atomic E-state index is -0.469. The van der Waals surface area contributed by atoms with E-state index in [2.05, 4.69) is 5.32 Å². The van der Waals surface area contributed by atoms with E-state index in [0.29, 0.717) is 38.4 Å². The van der Waals surface area contributed by atoms with E-state index in [1.807, 2.05) is 12.1 Å². The minimum Gasteiger partial charge on any atom is -0.489 e. The number of hydrogen-bond acceptors (Lipinski definition) is 5. The van der Waals surface area contributed by atoms with E-state index >= 15 is 0 Å². The van der Waals surface area contributed by atoms with Crippen LogP contribution in [-0.2, 0) is 17.9 Å². The third kappa shape index (κ3) is 5.58. The number of carbonyl (C=O) groups excluding carboxylic acids is 1. The summed E-state index contributed by atoms with van der Waals surface area (Å²) in [5.74, 6) is 1.44. The Bertz CT molecular complexity index is 1230. The van der Waals surface area contributed by atoms with Gasteiger partial charge in [0.2, 0.25) is 6.79 Å². The van der Waals surface area contributed by atoms with Gasteiger partial charge >= 0.3 is 0 Å². The lowest BCUT2D eigenvalue weighted by Gasteiger charge is -2.09. The monoisotopic (exact) mass is 480 g/mol. The van der Waals surface area contributed by atoms with Crippen LogP contribution in [0.25, 0.3) is 6.08 Å². The number of nitrogens with zero attached hydrogens (tertiary/aromatic N) is 1. The second-order valence-electron chi connectivity index (χ2n) is 7.10. The molecule has 0 fully saturated rings. The van der Waals surface area contributed by atoms with Crippen molar-refractivity contribution in [3.05, 3.63) is 93.0 Å². The highest BCUT2D eigenvalue weighted by Crippen LogP contribution is 2.32. The van der Waals surface area contributed by atoms with Gasteiger partial charge in [0.15, 0.2) is 11.5 Å². The zero-order chi connectivity index (χ0) is 23.2. The molecule has 0 radical (unpaired) electrons. The molecular weight excluding hydrogens is 463 g/mol. The number of nitriles is 1. The summed E-state index contributed by atoms with van der Waals surface area (Å²) in [5.41, 5.74) is 2.22. The number of hydrogen-bond donors (Lipinski definition) is 1. The first-order valence-corrected chi connectivity index (χ1v) is 10.7. The molecule has 3 aromatic rings. The molecule has 1 aliphatic rings. The van der Waals surface area contributed by atoms with E-state index in [1.165, 1.54) is 6.08 Å². The molecule has 0 spiro atoms. The van der Waals surface area contributed by atoms with E-state index < -0.39 is 5.91 Å². The summed E-state index contributed by atoms with van der Waals surface area (Å²) < 4.78 is 16.4. The van der Waals surface area contributed by atoms with Gasteiger partial charge < -0.3 is 19.5 Å². The molecule has 6 nitrogen and oxygen atoms in total. The van der Waals surface area contributed by atoms with E-state index in [4.69, 9.17) is 37.4 Å². The van der Waals surface area contributed by atoms with Gasteiger partial charge in [0, 0.05) is 22.2 Å². The maximum atomic E-state index is 12.5. The summed E-state index contributed by atoms with van der Waals surface area (Å²) in [6, 6.07) is 19.6. The Morgan fingerprint density at radius 2 is 1.79 bits per heavy atom. The Morgan fingerprint density at radius 1 is 1.06 bits per heavy atom. The van der Waals surface area contributed by atoms with Gasteiger partial charge in [-0.3, -0.25) is 4.79 Å². The molecule has 1 aliphatic heterocycles. The van der Waals surface area contributed by atoms with E-state index in [1.54, 1.807) is 54.6 Å².